The number of hydrogen-bond acceptors (Lipinski definition) is 6. The fourth-order valence-electron chi connectivity index (χ4n) is 8.94. The SMILES string of the molecule is O=C1C2CC=C3C(CC4(Cl)C(=O)N(c5ccc(F)cc5)C(=O)C4(Cl)C3c3ccc(O)c4ccccc34)C2C(=O)N1c1ccc(Nc2ccccc2)cc1. The van der Waals surface area contributed by atoms with Gasteiger partial charge in [-0.15, -0.1) is 23.2 Å². The molecule has 4 amide bonds. The molecule has 2 heterocycles. The fraction of sp³-hybridized carbons (Fsp3) is 0.190. The van der Waals surface area contributed by atoms with Gasteiger partial charge in [0, 0.05) is 22.7 Å². The Balaban J connectivity index is 1.16. The van der Waals surface area contributed by atoms with Gasteiger partial charge in [0.15, 0.2) is 9.75 Å². The second kappa shape index (κ2) is 12.0. The zero-order valence-electron chi connectivity index (χ0n) is 27.9. The molecule has 53 heavy (non-hydrogen) atoms. The molecule has 2 N–H and O–H groups in total. The van der Waals surface area contributed by atoms with Gasteiger partial charge in [0.1, 0.15) is 11.6 Å². The van der Waals surface area contributed by atoms with Crippen LogP contribution in [0.3, 0.4) is 0 Å². The van der Waals surface area contributed by atoms with Crippen LogP contribution in [0.4, 0.5) is 27.1 Å². The van der Waals surface area contributed by atoms with E-state index in [0.717, 1.165) is 28.4 Å². The number of rotatable bonds is 5. The Morgan fingerprint density at radius 1 is 0.679 bits per heavy atom. The van der Waals surface area contributed by atoms with E-state index in [1.54, 1.807) is 54.6 Å². The van der Waals surface area contributed by atoms with Crippen molar-refractivity contribution in [3.05, 3.63) is 138 Å². The van der Waals surface area contributed by atoms with Crippen molar-refractivity contribution >= 4 is 80.4 Å². The van der Waals surface area contributed by atoms with Gasteiger partial charge in [-0.05, 0) is 96.4 Å². The first kappa shape index (κ1) is 33.3. The molecule has 9 rings (SSSR count). The van der Waals surface area contributed by atoms with E-state index >= 15 is 0 Å². The first-order valence-electron chi connectivity index (χ1n) is 17.3. The third kappa shape index (κ3) is 4.73. The lowest BCUT2D eigenvalue weighted by Crippen LogP contribution is -2.60. The number of phenols is 1. The molecule has 2 saturated heterocycles. The number of fused-ring (bicyclic) bond motifs is 5. The van der Waals surface area contributed by atoms with Crippen molar-refractivity contribution in [1.82, 2.24) is 0 Å². The van der Waals surface area contributed by atoms with Gasteiger partial charge < -0.3 is 10.4 Å². The van der Waals surface area contributed by atoms with Crippen LogP contribution in [0.25, 0.3) is 10.8 Å². The lowest BCUT2D eigenvalue weighted by atomic mass is 9.56. The largest absolute Gasteiger partial charge is 0.507 e. The van der Waals surface area contributed by atoms with Crippen molar-refractivity contribution in [3.63, 3.8) is 0 Å². The number of alkyl halides is 2. The number of allylic oxidation sites excluding steroid dienone is 2. The summed E-state index contributed by atoms with van der Waals surface area (Å²) in [4.78, 5) is 56.0. The smallest absolute Gasteiger partial charge is 0.258 e. The maximum atomic E-state index is 14.7. The molecule has 8 nitrogen and oxygen atoms in total. The molecule has 5 aromatic rings. The molecule has 3 fully saturated rings. The summed E-state index contributed by atoms with van der Waals surface area (Å²) in [5, 5.41) is 15.2. The highest BCUT2D eigenvalue weighted by atomic mass is 35.5. The minimum atomic E-state index is -2.10. The highest BCUT2D eigenvalue weighted by Gasteiger charge is 2.76. The maximum absolute atomic E-state index is 14.7. The predicted octanol–water partition coefficient (Wildman–Crippen LogP) is 8.20. The maximum Gasteiger partial charge on any atom is 0.258 e. The third-order valence-corrected chi connectivity index (χ3v) is 12.7. The van der Waals surface area contributed by atoms with E-state index in [1.165, 1.54) is 23.1 Å². The number of halogens is 3. The van der Waals surface area contributed by atoms with Gasteiger partial charge in [-0.3, -0.25) is 24.1 Å². The number of phenolic OH excluding ortho intramolecular Hbond substituents is 1. The summed E-state index contributed by atoms with van der Waals surface area (Å²) in [7, 11) is 0. The molecule has 6 atom stereocenters. The molecule has 5 aromatic carbocycles. The average Bonchev–Trinajstić information content (AvgIpc) is 3.51. The summed E-state index contributed by atoms with van der Waals surface area (Å²) >= 11 is 15.1. The topological polar surface area (TPSA) is 107 Å². The van der Waals surface area contributed by atoms with Gasteiger partial charge in [0.05, 0.1) is 23.2 Å². The van der Waals surface area contributed by atoms with E-state index in [1.807, 2.05) is 36.4 Å². The second-order valence-corrected chi connectivity index (χ2v) is 15.3. The number of amides is 4. The van der Waals surface area contributed by atoms with Crippen LogP contribution in [0.1, 0.15) is 24.3 Å². The minimum Gasteiger partial charge on any atom is -0.507 e. The molecule has 0 spiro atoms. The van der Waals surface area contributed by atoms with Crippen LogP contribution in [-0.2, 0) is 19.2 Å². The zero-order valence-corrected chi connectivity index (χ0v) is 29.4. The number of nitrogens with one attached hydrogen (secondary N) is 1. The Labute approximate surface area is 313 Å². The number of para-hydroxylation sites is 1. The zero-order chi connectivity index (χ0) is 36.8. The van der Waals surface area contributed by atoms with E-state index in [0.29, 0.717) is 27.6 Å². The van der Waals surface area contributed by atoms with Crippen LogP contribution in [0.2, 0.25) is 0 Å². The highest BCUT2D eigenvalue weighted by Crippen LogP contribution is 2.66. The van der Waals surface area contributed by atoms with E-state index in [-0.39, 0.29) is 30.2 Å². The molecular weight excluding hydrogens is 716 g/mol. The molecule has 11 heteroatoms. The van der Waals surface area contributed by atoms with Gasteiger partial charge in [-0.2, -0.15) is 0 Å². The number of benzene rings is 5. The van der Waals surface area contributed by atoms with Crippen molar-refractivity contribution in [3.8, 4) is 5.75 Å². The quantitative estimate of drug-likeness (QED) is 0.107. The number of hydrogen-bond donors (Lipinski definition) is 2. The van der Waals surface area contributed by atoms with E-state index in [9.17, 15) is 28.7 Å². The highest BCUT2D eigenvalue weighted by molar-refractivity contribution is 6.58. The summed E-state index contributed by atoms with van der Waals surface area (Å²) in [6.45, 7) is 0. The Morgan fingerprint density at radius 3 is 2.02 bits per heavy atom. The molecule has 2 aliphatic carbocycles. The number of carbonyl (C=O) groups is 4. The van der Waals surface area contributed by atoms with E-state index < -0.39 is 57.0 Å². The summed E-state index contributed by atoms with van der Waals surface area (Å²) < 4.78 is 14.0. The van der Waals surface area contributed by atoms with Crippen molar-refractivity contribution in [2.45, 2.75) is 28.5 Å². The van der Waals surface area contributed by atoms with Gasteiger partial charge in [0.2, 0.25) is 11.8 Å². The number of aromatic hydroxyl groups is 1. The molecule has 6 unspecified atom stereocenters. The number of carbonyl (C=O) groups excluding carboxylic acids is 4. The van der Waals surface area contributed by atoms with Crippen LogP contribution >= 0.6 is 23.2 Å². The fourth-order valence-corrected chi connectivity index (χ4v) is 9.87. The molecule has 2 aliphatic heterocycles. The first-order valence-corrected chi connectivity index (χ1v) is 18.0. The molecule has 0 radical (unpaired) electrons. The summed E-state index contributed by atoms with van der Waals surface area (Å²) in [6.07, 6.45) is 1.87. The standard InChI is InChI=1S/C42H30Cl2FN3O5/c43-41-22-33-31(18-19-32-35(33)38(51)47(37(32)50)26-16-12-25(13-17-26)46-24-6-2-1-3-7-24)36(30-20-21-34(49)29-9-5-4-8-28(29)30)42(41,44)40(53)48(39(41)52)27-14-10-23(45)11-15-27/h1-18,20-21,32-33,35-36,46,49H,19,22H2. The van der Waals surface area contributed by atoms with Crippen molar-refractivity contribution < 1.29 is 28.7 Å². The van der Waals surface area contributed by atoms with Crippen LogP contribution < -0.4 is 15.1 Å². The molecule has 4 aliphatic rings. The average molecular weight is 747 g/mol. The number of anilines is 4. The van der Waals surface area contributed by atoms with Crippen LogP contribution in [-0.4, -0.2) is 38.5 Å². The van der Waals surface area contributed by atoms with Gasteiger partial charge in [-0.1, -0.05) is 60.2 Å². The Hall–Kier alpha value is -5.51. The number of nitrogens with zero attached hydrogens (tertiary/aromatic N) is 2. The normalized spacial score (nSPS) is 27.8. The van der Waals surface area contributed by atoms with Crippen LogP contribution in [0.15, 0.2) is 127 Å². The molecule has 0 aromatic heterocycles. The predicted molar refractivity (Wildman–Crippen MR) is 201 cm³/mol. The van der Waals surface area contributed by atoms with Gasteiger partial charge >= 0.3 is 0 Å². The first-order chi connectivity index (χ1) is 25.5. The lowest BCUT2D eigenvalue weighted by molar-refractivity contribution is -0.125. The summed E-state index contributed by atoms with van der Waals surface area (Å²) in [5.74, 6) is -6.34. The second-order valence-electron chi connectivity index (χ2n) is 14.0. The molecule has 1 saturated carbocycles. The molecular formula is C42H30Cl2FN3O5. The van der Waals surface area contributed by atoms with Gasteiger partial charge in [-0.25, -0.2) is 9.29 Å². The lowest BCUT2D eigenvalue weighted by Gasteiger charge is -2.51. The molecule has 0 bridgehead atoms. The Morgan fingerprint density at radius 2 is 1.30 bits per heavy atom. The minimum absolute atomic E-state index is 0.00844. The van der Waals surface area contributed by atoms with E-state index in [2.05, 4.69) is 5.32 Å². The summed E-state index contributed by atoms with van der Waals surface area (Å²) in [6, 6.07) is 31.8. The van der Waals surface area contributed by atoms with E-state index in [4.69, 9.17) is 23.2 Å². The Bertz CT molecular complexity index is 2410. The van der Waals surface area contributed by atoms with Crippen LogP contribution in [0.5, 0.6) is 5.75 Å². The monoisotopic (exact) mass is 745 g/mol. The Kier molecular flexibility index (Phi) is 7.56. The van der Waals surface area contributed by atoms with Crippen LogP contribution in [0, 0.1) is 23.6 Å². The van der Waals surface area contributed by atoms with Crippen molar-refractivity contribution in [1.29, 1.82) is 0 Å². The van der Waals surface area contributed by atoms with Gasteiger partial charge in [0.25, 0.3) is 11.8 Å². The third-order valence-electron chi connectivity index (χ3n) is 11.3. The number of imide groups is 2. The van der Waals surface area contributed by atoms with Crippen molar-refractivity contribution in [2.75, 3.05) is 15.1 Å². The van der Waals surface area contributed by atoms with Crippen molar-refractivity contribution in [2.24, 2.45) is 17.8 Å². The summed E-state index contributed by atoms with van der Waals surface area (Å²) in [5.41, 5.74) is 3.33. The molecule has 264 valence electrons.